The van der Waals surface area contributed by atoms with Crippen molar-refractivity contribution in [2.75, 3.05) is 0 Å². The Hall–Kier alpha value is 0.964. The minimum Gasteiger partial charge on any atom is -0.458 e. The summed E-state index contributed by atoms with van der Waals surface area (Å²) in [7, 11) is -4.20. The smallest absolute Gasteiger partial charge is 0.182 e. The van der Waals surface area contributed by atoms with Gasteiger partial charge in [-0.3, -0.25) is 0 Å². The van der Waals surface area contributed by atoms with Gasteiger partial charge in [0.15, 0.2) is 32.8 Å². The molecule has 1 atom stereocenters. The van der Waals surface area contributed by atoms with Crippen LogP contribution in [0.4, 0.5) is 0 Å². The predicted octanol–water partition coefficient (Wildman–Crippen LogP) is 1.92. The summed E-state index contributed by atoms with van der Waals surface area (Å²) in [6.07, 6.45) is 0. The van der Waals surface area contributed by atoms with Gasteiger partial charge in [0, 0.05) is 9.76 Å². The maximum absolute atomic E-state index is 10.0. The monoisotopic (exact) mass is 323 g/mol. The molecule has 0 saturated heterocycles. The van der Waals surface area contributed by atoms with Crippen LogP contribution >= 0.6 is 0 Å². The van der Waals surface area contributed by atoms with Crippen molar-refractivity contribution in [2.24, 2.45) is 0 Å². The van der Waals surface area contributed by atoms with Gasteiger partial charge >= 0.3 is 0 Å². The molecule has 1 unspecified atom stereocenters. The van der Waals surface area contributed by atoms with Crippen molar-refractivity contribution in [2.45, 2.75) is 57.2 Å². The van der Waals surface area contributed by atoms with Crippen molar-refractivity contribution < 1.29 is 13.7 Å². The van der Waals surface area contributed by atoms with Gasteiger partial charge < -0.3 is 13.7 Å². The summed E-state index contributed by atoms with van der Waals surface area (Å²) in [6.45, 7) is 14.2. The largest absolute Gasteiger partial charge is 0.458 e. The highest BCUT2D eigenvalue weighted by Gasteiger charge is 2.40. The van der Waals surface area contributed by atoms with Gasteiger partial charge in [-0.2, -0.15) is 0 Å². The molecule has 2 N–H and O–H groups in total. The van der Waals surface area contributed by atoms with E-state index < -0.39 is 32.8 Å². The second kappa shape index (κ2) is 5.53. The average Bonchev–Trinajstić information content (AvgIpc) is 1.65. The van der Waals surface area contributed by atoms with Crippen molar-refractivity contribution in [3.05, 3.63) is 0 Å². The van der Waals surface area contributed by atoms with Crippen molar-refractivity contribution >= 4 is 42.5 Å². The minimum absolute atomic E-state index is 0.792. The van der Waals surface area contributed by atoms with Gasteiger partial charge in [0.25, 0.3) is 0 Å². The van der Waals surface area contributed by atoms with Crippen LogP contribution in [0.25, 0.3) is 0 Å². The Labute approximate surface area is 113 Å². The molecule has 3 radical (unpaired) electrons. The Kier molecular flexibility index (Phi) is 5.84. The zero-order valence-electron chi connectivity index (χ0n) is 12.2. The quantitative estimate of drug-likeness (QED) is 0.734. The van der Waals surface area contributed by atoms with Crippen molar-refractivity contribution in [1.29, 1.82) is 0 Å². The third-order valence-electron chi connectivity index (χ3n) is 2.13. The molecule has 3 nitrogen and oxygen atoms in total. The number of rotatable bonds is 6. The lowest BCUT2D eigenvalue weighted by molar-refractivity contribution is 0.527. The Bertz CT molecular complexity index is 228. The van der Waals surface area contributed by atoms with Crippen LogP contribution in [0.5, 0.6) is 0 Å². The molecule has 101 valence electrons. The van der Waals surface area contributed by atoms with E-state index in [9.17, 15) is 9.59 Å². The first-order chi connectivity index (χ1) is 7.12. The molecule has 0 aliphatic carbocycles. The van der Waals surface area contributed by atoms with E-state index in [0.29, 0.717) is 0 Å². The summed E-state index contributed by atoms with van der Waals surface area (Å²) < 4.78 is 6.32. The van der Waals surface area contributed by atoms with Crippen LogP contribution in [0.3, 0.4) is 0 Å². The first kappa shape index (κ1) is 18.0. The second-order valence-electron chi connectivity index (χ2n) is 7.07. The van der Waals surface area contributed by atoms with Crippen LogP contribution in [-0.2, 0) is 4.12 Å². The van der Waals surface area contributed by atoms with Crippen LogP contribution < -0.4 is 0 Å². The van der Waals surface area contributed by atoms with Gasteiger partial charge in [0.05, 0.1) is 0 Å². The highest BCUT2D eigenvalue weighted by atomic mass is 29.2. The lowest BCUT2D eigenvalue weighted by atomic mass is 11.8. The van der Waals surface area contributed by atoms with Crippen molar-refractivity contribution in [1.82, 2.24) is 0 Å². The van der Waals surface area contributed by atoms with E-state index in [1.807, 2.05) is 26.2 Å². The van der Waals surface area contributed by atoms with Crippen LogP contribution in [-0.4, -0.2) is 52.1 Å². The Morgan fingerprint density at radius 1 is 0.824 bits per heavy atom. The molecule has 0 heterocycles. The molecule has 0 bridgehead atoms. The lowest BCUT2D eigenvalue weighted by Crippen LogP contribution is -2.54. The fourth-order valence-electron chi connectivity index (χ4n) is 2.55. The highest BCUT2D eigenvalue weighted by molar-refractivity contribution is 7.19. The maximum atomic E-state index is 10.0. The van der Waals surface area contributed by atoms with Gasteiger partial charge in [-0.1, -0.05) is 0 Å². The second-order valence-corrected chi connectivity index (χ2v) is 27.1. The zero-order valence-corrected chi connectivity index (χ0v) is 17.2. The summed E-state index contributed by atoms with van der Waals surface area (Å²) in [6, 6.07) is 0. The Balaban J connectivity index is 4.59. The highest BCUT2D eigenvalue weighted by Crippen LogP contribution is 2.25. The normalized spacial score (nSPS) is 18.0. The third-order valence-corrected chi connectivity index (χ3v) is 21.7. The molecule has 8 heteroatoms. The van der Waals surface area contributed by atoms with E-state index >= 15 is 0 Å². The molecule has 0 rings (SSSR count). The molecule has 0 aliphatic rings. The molecule has 0 aromatic rings. The van der Waals surface area contributed by atoms with E-state index in [4.69, 9.17) is 4.12 Å². The molecule has 0 saturated carbocycles. The average molecular weight is 324 g/mol. The standard InChI is InChI=1S/C9H27O3Si5/c1-14(2,10)8-16(5,6)12-17(7,13)9-15(3,4)11/h10-11H,8-9H2,1-7H3. The van der Waals surface area contributed by atoms with Gasteiger partial charge in [0.1, 0.15) is 0 Å². The minimum atomic E-state index is -2.09. The first-order valence-corrected chi connectivity index (χ1v) is 19.6. The lowest BCUT2D eigenvalue weighted by Gasteiger charge is -2.38. The number of hydrogen-bond donors (Lipinski definition) is 2. The SMILES string of the molecule is C[Si](C)(O)C[Si](C)(C)O[Si](C)([Si])C[Si](C)(C)O. The molecule has 0 spiro atoms. The van der Waals surface area contributed by atoms with E-state index in [1.54, 1.807) is 0 Å². The Morgan fingerprint density at radius 3 is 1.47 bits per heavy atom. The van der Waals surface area contributed by atoms with E-state index in [2.05, 4.69) is 29.4 Å². The van der Waals surface area contributed by atoms with Crippen LogP contribution in [0, 0.1) is 0 Å². The van der Waals surface area contributed by atoms with E-state index in [0.717, 1.165) is 11.3 Å². The van der Waals surface area contributed by atoms with E-state index in [-0.39, 0.29) is 0 Å². The fourth-order valence-corrected chi connectivity index (χ4v) is 30.6. The first-order valence-electron chi connectivity index (χ1n) is 6.02. The summed E-state index contributed by atoms with van der Waals surface area (Å²) in [5.74, 6) is 0. The molecule has 0 amide bonds. The zero-order chi connectivity index (χ0) is 14.1. The van der Waals surface area contributed by atoms with Crippen LogP contribution in [0.1, 0.15) is 0 Å². The molecular weight excluding hydrogens is 297 g/mol. The molecular formula is C9H27O3Si5. The van der Waals surface area contributed by atoms with Gasteiger partial charge in [-0.25, -0.2) is 0 Å². The van der Waals surface area contributed by atoms with E-state index in [1.165, 1.54) is 0 Å². The van der Waals surface area contributed by atoms with Crippen molar-refractivity contribution in [3.8, 4) is 0 Å². The van der Waals surface area contributed by atoms with Crippen LogP contribution in [0.2, 0.25) is 57.2 Å². The van der Waals surface area contributed by atoms with Crippen LogP contribution in [0.15, 0.2) is 0 Å². The molecule has 0 aromatic heterocycles. The predicted molar refractivity (Wildman–Crippen MR) is 85.0 cm³/mol. The maximum Gasteiger partial charge on any atom is 0.182 e. The van der Waals surface area contributed by atoms with Crippen molar-refractivity contribution in [3.63, 3.8) is 0 Å². The van der Waals surface area contributed by atoms with Gasteiger partial charge in [0.2, 0.25) is 0 Å². The fraction of sp³-hybridized carbons (Fsp3) is 1.00. The molecule has 0 aromatic carbocycles. The van der Waals surface area contributed by atoms with Gasteiger partial charge in [-0.05, 0) is 57.2 Å². The topological polar surface area (TPSA) is 49.7 Å². The summed E-state index contributed by atoms with van der Waals surface area (Å²) in [5.41, 5.74) is 1.64. The summed E-state index contributed by atoms with van der Waals surface area (Å²) in [4.78, 5) is 20.1. The summed E-state index contributed by atoms with van der Waals surface area (Å²) >= 11 is 0. The summed E-state index contributed by atoms with van der Waals surface area (Å²) in [5, 5.41) is 0. The number of hydrogen-bond acceptors (Lipinski definition) is 3. The molecule has 17 heavy (non-hydrogen) atoms. The molecule has 0 aliphatic heterocycles. The molecule has 0 fully saturated rings. The van der Waals surface area contributed by atoms with Gasteiger partial charge in [-0.15, -0.1) is 0 Å². The Morgan fingerprint density at radius 2 is 1.18 bits per heavy atom. The third kappa shape index (κ3) is 10.6.